The van der Waals surface area contributed by atoms with Gasteiger partial charge in [0, 0.05) is 82.6 Å². The molecule has 7 heteroatoms. The fourth-order valence-electron chi connectivity index (χ4n) is 0. The van der Waals surface area contributed by atoms with Gasteiger partial charge >= 0.3 is 55.0 Å². The van der Waals surface area contributed by atoms with Crippen LogP contribution in [0.25, 0.3) is 0 Å². The Morgan fingerprint density at radius 2 is 1.38 bits per heavy atom. The molecule has 0 fully saturated rings. The SMILES string of the molecule is F.O=C(O)O.[Ba+2].[Ce].[H-].[H-].[Nd]. The molecule has 0 heterocycles. The van der Waals surface area contributed by atoms with Crippen LogP contribution in [0.15, 0.2) is 0 Å². The van der Waals surface area contributed by atoms with Crippen molar-refractivity contribution in [1.82, 2.24) is 0 Å². The number of carbonyl (C=O) groups is 1. The van der Waals surface area contributed by atoms with Gasteiger partial charge in [0.2, 0.25) is 0 Å². The van der Waals surface area contributed by atoms with Crippen LogP contribution in [-0.4, -0.2) is 65.2 Å². The Morgan fingerprint density at radius 1 is 1.38 bits per heavy atom. The second-order valence-electron chi connectivity index (χ2n) is 0.283. The van der Waals surface area contributed by atoms with E-state index in [0.29, 0.717) is 0 Å². The predicted molar refractivity (Wildman–Crippen MR) is 21.1 cm³/mol. The molecular weight excluding hydrogens is 501 g/mol. The molecule has 0 radical (unpaired) electrons. The molecular formula is CH5BaCeFNdO3. The molecule has 0 saturated carbocycles. The Balaban J connectivity index is -0.00000000300. The average Bonchev–Trinajstić information content (AvgIpc) is 0.811. The summed E-state index contributed by atoms with van der Waals surface area (Å²) in [5.74, 6) is 0. The van der Waals surface area contributed by atoms with Crippen molar-refractivity contribution in [3.8, 4) is 0 Å². The van der Waals surface area contributed by atoms with Crippen LogP contribution in [0.2, 0.25) is 0 Å². The molecule has 0 unspecified atom stereocenters. The molecule has 0 aromatic carbocycles. The summed E-state index contributed by atoms with van der Waals surface area (Å²) < 4.78 is 0. The van der Waals surface area contributed by atoms with Gasteiger partial charge in [-0.1, -0.05) is 0 Å². The Kier molecular flexibility index (Phi) is 84.1. The van der Waals surface area contributed by atoms with E-state index >= 15 is 0 Å². The average molecular weight is 506 g/mol. The maximum absolute atomic E-state index is 8.56. The van der Waals surface area contributed by atoms with Crippen LogP contribution in [0.5, 0.6) is 0 Å². The third-order valence-corrected chi connectivity index (χ3v) is 0. The largest absolute Gasteiger partial charge is 2.00 e. The van der Waals surface area contributed by atoms with Gasteiger partial charge in [0.1, 0.15) is 0 Å². The summed E-state index contributed by atoms with van der Waals surface area (Å²) in [5.41, 5.74) is 0. The van der Waals surface area contributed by atoms with Gasteiger partial charge in [0.25, 0.3) is 0 Å². The fourth-order valence-corrected chi connectivity index (χ4v) is 0. The van der Waals surface area contributed by atoms with E-state index in [-0.39, 0.29) is 139 Å². The van der Waals surface area contributed by atoms with E-state index in [4.69, 9.17) is 15.0 Å². The van der Waals surface area contributed by atoms with Gasteiger partial charge in [-0.05, 0) is 0 Å². The summed E-state index contributed by atoms with van der Waals surface area (Å²) in [7, 11) is 0. The molecule has 44 valence electrons. The summed E-state index contributed by atoms with van der Waals surface area (Å²) in [6, 6.07) is 0. The minimum atomic E-state index is -1.83. The predicted octanol–water partition coefficient (Wildman–Crippen LogP) is 0.219. The Labute approximate surface area is 156 Å². The minimum absolute atomic E-state index is 0. The van der Waals surface area contributed by atoms with E-state index in [1.54, 1.807) is 0 Å². The van der Waals surface area contributed by atoms with Gasteiger partial charge < -0.3 is 13.1 Å². The first-order valence-corrected chi connectivity index (χ1v) is 0.651. The first-order valence-electron chi connectivity index (χ1n) is 0.651. The third kappa shape index (κ3) is 56.0. The third-order valence-electron chi connectivity index (χ3n) is 0. The number of rotatable bonds is 0. The molecule has 8 heavy (non-hydrogen) atoms. The zero-order chi connectivity index (χ0) is 3.58. The molecule has 3 nitrogen and oxygen atoms in total. The Hall–Kier alpha value is 3.50. The van der Waals surface area contributed by atoms with Gasteiger partial charge in [-0.25, -0.2) is 4.79 Å². The van der Waals surface area contributed by atoms with E-state index in [2.05, 4.69) is 0 Å². The number of hydrogen-bond donors (Lipinski definition) is 2. The van der Waals surface area contributed by atoms with Crippen LogP contribution in [0, 0.1) is 82.6 Å². The topological polar surface area (TPSA) is 57.5 Å². The van der Waals surface area contributed by atoms with Gasteiger partial charge in [-0.2, -0.15) is 0 Å². The van der Waals surface area contributed by atoms with Crippen molar-refractivity contribution >= 4 is 55.0 Å². The molecule has 0 aromatic heterocycles. The minimum Gasteiger partial charge on any atom is -1.00 e. The fraction of sp³-hybridized carbons (Fsp3) is 0. The summed E-state index contributed by atoms with van der Waals surface area (Å²) in [5, 5.41) is 13.9. The number of hydrogen-bond acceptors (Lipinski definition) is 1. The van der Waals surface area contributed by atoms with Crippen LogP contribution >= 0.6 is 0 Å². The van der Waals surface area contributed by atoms with Crippen LogP contribution in [0.3, 0.4) is 0 Å². The van der Waals surface area contributed by atoms with E-state index in [0.717, 1.165) is 0 Å². The Morgan fingerprint density at radius 3 is 1.38 bits per heavy atom. The second-order valence-corrected chi connectivity index (χ2v) is 0.283. The number of carboxylic acid groups (broad SMARTS) is 2. The van der Waals surface area contributed by atoms with Crippen molar-refractivity contribution in [2.45, 2.75) is 0 Å². The zero-order valence-corrected chi connectivity index (χ0v) is 14.7. The molecule has 0 aliphatic heterocycles. The van der Waals surface area contributed by atoms with Gasteiger partial charge in [0.15, 0.2) is 0 Å². The molecule has 0 atom stereocenters. The van der Waals surface area contributed by atoms with Crippen LogP contribution in [-0.2, 0) is 0 Å². The first kappa shape index (κ1) is 30.0. The molecule has 0 aliphatic carbocycles. The van der Waals surface area contributed by atoms with E-state index < -0.39 is 6.16 Å². The quantitative estimate of drug-likeness (QED) is 0.463. The van der Waals surface area contributed by atoms with Gasteiger partial charge in [-0.15, -0.1) is 0 Å². The van der Waals surface area contributed by atoms with E-state index in [1.165, 1.54) is 0 Å². The molecule has 0 amide bonds. The summed E-state index contributed by atoms with van der Waals surface area (Å²) in [6.45, 7) is 0. The zero-order valence-electron chi connectivity index (χ0n) is 5.92. The monoisotopic (exact) mass is 504 g/mol. The Bertz CT molecular complexity index is 49.5. The summed E-state index contributed by atoms with van der Waals surface area (Å²) in [6.07, 6.45) is -1.83. The molecule has 0 saturated heterocycles. The van der Waals surface area contributed by atoms with Crippen molar-refractivity contribution in [2.24, 2.45) is 0 Å². The molecule has 0 aliphatic rings. The molecule has 2 N–H and O–H groups in total. The van der Waals surface area contributed by atoms with Gasteiger partial charge in [-0.3, -0.25) is 4.70 Å². The molecule has 0 aromatic rings. The smallest absolute Gasteiger partial charge is 1.00 e. The van der Waals surface area contributed by atoms with Crippen molar-refractivity contribution in [1.29, 1.82) is 0 Å². The van der Waals surface area contributed by atoms with Crippen molar-refractivity contribution in [2.75, 3.05) is 0 Å². The van der Waals surface area contributed by atoms with Gasteiger partial charge in [0.05, 0.1) is 0 Å². The van der Waals surface area contributed by atoms with E-state index in [1.807, 2.05) is 0 Å². The molecule has 0 bridgehead atoms. The van der Waals surface area contributed by atoms with Crippen LogP contribution < -0.4 is 0 Å². The van der Waals surface area contributed by atoms with Crippen molar-refractivity contribution < 1.29 is 105 Å². The standard InChI is InChI=1S/CH2O3.Ba.Ce.FH.Nd.2H/c2-1(3)4;;;;;;/h(H2,2,3,4);;;1H;;;/q;+2;;;;2*-1. The van der Waals surface area contributed by atoms with Crippen molar-refractivity contribution in [3.63, 3.8) is 0 Å². The number of halogens is 1. The normalized spacial score (nSPS) is 3.00. The van der Waals surface area contributed by atoms with E-state index in [9.17, 15) is 0 Å². The molecule has 0 spiro atoms. The van der Waals surface area contributed by atoms with Crippen LogP contribution in [0.1, 0.15) is 2.85 Å². The summed E-state index contributed by atoms with van der Waals surface area (Å²) in [4.78, 5) is 8.56. The maximum Gasteiger partial charge on any atom is 2.00 e. The molecule has 0 rings (SSSR count). The summed E-state index contributed by atoms with van der Waals surface area (Å²) >= 11 is 0. The van der Waals surface area contributed by atoms with Crippen LogP contribution in [0.4, 0.5) is 9.50 Å². The second kappa shape index (κ2) is 22.4. The maximum atomic E-state index is 8.56. The first-order chi connectivity index (χ1) is 1.73. The van der Waals surface area contributed by atoms with Crippen molar-refractivity contribution in [3.05, 3.63) is 0 Å².